The third-order valence-electron chi connectivity index (χ3n) is 5.55. The van der Waals surface area contributed by atoms with Gasteiger partial charge in [0.25, 0.3) is 0 Å². The maximum absolute atomic E-state index is 11.4. The lowest BCUT2D eigenvalue weighted by Crippen LogP contribution is -2.25. The molecule has 0 fully saturated rings. The van der Waals surface area contributed by atoms with E-state index in [4.69, 9.17) is 0 Å². The zero-order valence-corrected chi connectivity index (χ0v) is 17.6. The number of benzene rings is 1. The van der Waals surface area contributed by atoms with Crippen LogP contribution in [0.2, 0.25) is 0 Å². The first kappa shape index (κ1) is 22.6. The highest BCUT2D eigenvalue weighted by molar-refractivity contribution is 5.78. The Kier molecular flexibility index (Phi) is 9.87. The van der Waals surface area contributed by atoms with Crippen LogP contribution in [0.1, 0.15) is 71.9 Å². The van der Waals surface area contributed by atoms with Crippen LogP contribution in [0.3, 0.4) is 0 Å². The number of allylic oxidation sites excluding steroid dienone is 1. The zero-order valence-electron chi connectivity index (χ0n) is 17.6. The SMILES string of the molecule is CCc1ccc(CCCC(C)C(O)C(C)/C=C(/C)CC(C)C(C)=O)cc1. The van der Waals surface area contributed by atoms with E-state index in [1.54, 1.807) is 6.92 Å². The van der Waals surface area contributed by atoms with E-state index in [9.17, 15) is 9.90 Å². The van der Waals surface area contributed by atoms with Crippen LogP contribution < -0.4 is 0 Å². The summed E-state index contributed by atoms with van der Waals surface area (Å²) in [6.45, 7) is 12.1. The number of carbonyl (C=O) groups excluding carboxylic acids is 1. The van der Waals surface area contributed by atoms with Gasteiger partial charge in [0.1, 0.15) is 5.78 Å². The van der Waals surface area contributed by atoms with Gasteiger partial charge in [-0.15, -0.1) is 0 Å². The second-order valence-electron chi connectivity index (χ2n) is 8.12. The summed E-state index contributed by atoms with van der Waals surface area (Å²) in [6, 6.07) is 8.88. The van der Waals surface area contributed by atoms with Gasteiger partial charge in [-0.3, -0.25) is 4.79 Å². The van der Waals surface area contributed by atoms with E-state index in [0.29, 0.717) is 0 Å². The van der Waals surface area contributed by atoms with Crippen molar-refractivity contribution in [3.8, 4) is 0 Å². The van der Waals surface area contributed by atoms with Crippen LogP contribution in [-0.4, -0.2) is 17.0 Å². The Morgan fingerprint density at radius 1 is 1.08 bits per heavy atom. The number of hydrogen-bond donors (Lipinski definition) is 1. The third kappa shape index (κ3) is 7.86. The number of rotatable bonds is 11. The highest BCUT2D eigenvalue weighted by atomic mass is 16.3. The lowest BCUT2D eigenvalue weighted by atomic mass is 9.87. The molecule has 2 heteroatoms. The molecule has 1 aromatic carbocycles. The van der Waals surface area contributed by atoms with Crippen molar-refractivity contribution in [1.29, 1.82) is 0 Å². The van der Waals surface area contributed by atoms with Gasteiger partial charge >= 0.3 is 0 Å². The molecule has 26 heavy (non-hydrogen) atoms. The molecule has 1 aromatic rings. The summed E-state index contributed by atoms with van der Waals surface area (Å²) in [6.07, 6.45) is 6.87. The van der Waals surface area contributed by atoms with Gasteiger partial charge in [-0.1, -0.05) is 63.6 Å². The molecular weight excluding hydrogens is 320 g/mol. The van der Waals surface area contributed by atoms with Gasteiger partial charge in [0.05, 0.1) is 6.10 Å². The van der Waals surface area contributed by atoms with Crippen molar-refractivity contribution >= 4 is 5.78 Å². The van der Waals surface area contributed by atoms with Crippen LogP contribution in [0.4, 0.5) is 0 Å². The van der Waals surface area contributed by atoms with Crippen molar-refractivity contribution < 1.29 is 9.90 Å². The molecule has 1 N–H and O–H groups in total. The Hall–Kier alpha value is -1.41. The van der Waals surface area contributed by atoms with E-state index < -0.39 is 0 Å². The lowest BCUT2D eigenvalue weighted by molar-refractivity contribution is -0.120. The standard InChI is InChI=1S/C24H38O2/c1-7-22-11-13-23(14-12-22)10-8-9-18(3)24(26)20(5)16-17(2)15-19(4)21(6)25/h11-14,16,18-20,24,26H,7-10,15H2,1-6H3/b17-16-. The first-order chi connectivity index (χ1) is 12.2. The number of carbonyl (C=O) groups is 1. The second kappa shape index (κ2) is 11.3. The van der Waals surface area contributed by atoms with Gasteiger partial charge in [-0.05, 0) is 63.0 Å². The summed E-state index contributed by atoms with van der Waals surface area (Å²) < 4.78 is 0. The molecule has 0 aliphatic rings. The Morgan fingerprint density at radius 3 is 2.19 bits per heavy atom. The number of hydrogen-bond acceptors (Lipinski definition) is 2. The second-order valence-corrected chi connectivity index (χ2v) is 8.12. The summed E-state index contributed by atoms with van der Waals surface area (Å²) in [4.78, 5) is 11.4. The van der Waals surface area contributed by atoms with Crippen molar-refractivity contribution in [2.24, 2.45) is 17.8 Å². The normalized spacial score (nSPS) is 16.8. The molecular formula is C24H38O2. The summed E-state index contributed by atoms with van der Waals surface area (Å²) in [5.41, 5.74) is 3.96. The van der Waals surface area contributed by atoms with E-state index in [1.165, 1.54) is 16.7 Å². The largest absolute Gasteiger partial charge is 0.392 e. The fourth-order valence-electron chi connectivity index (χ4n) is 3.50. The molecule has 0 aliphatic heterocycles. The molecule has 2 nitrogen and oxygen atoms in total. The van der Waals surface area contributed by atoms with Gasteiger partial charge in [0.15, 0.2) is 0 Å². The van der Waals surface area contributed by atoms with E-state index in [2.05, 4.69) is 58.0 Å². The minimum atomic E-state index is -0.333. The fraction of sp³-hybridized carbons (Fsp3) is 0.625. The predicted octanol–water partition coefficient (Wildman–Crippen LogP) is 5.77. The summed E-state index contributed by atoms with van der Waals surface area (Å²) in [7, 11) is 0. The quantitative estimate of drug-likeness (QED) is 0.510. The highest BCUT2D eigenvalue weighted by Crippen LogP contribution is 2.23. The first-order valence-corrected chi connectivity index (χ1v) is 10.2. The minimum absolute atomic E-state index is 0.0621. The van der Waals surface area contributed by atoms with Crippen LogP contribution in [0.25, 0.3) is 0 Å². The Bertz CT molecular complexity index is 570. The topological polar surface area (TPSA) is 37.3 Å². The maximum atomic E-state index is 11.4. The molecule has 0 saturated heterocycles. The van der Waals surface area contributed by atoms with Gasteiger partial charge < -0.3 is 5.11 Å². The van der Waals surface area contributed by atoms with Crippen LogP contribution in [-0.2, 0) is 17.6 Å². The van der Waals surface area contributed by atoms with Crippen molar-refractivity contribution in [3.63, 3.8) is 0 Å². The molecule has 0 spiro atoms. The number of aliphatic hydroxyl groups excluding tert-OH is 1. The van der Waals surface area contributed by atoms with Gasteiger partial charge in [-0.25, -0.2) is 0 Å². The Morgan fingerprint density at radius 2 is 1.65 bits per heavy atom. The molecule has 0 saturated carbocycles. The average molecular weight is 359 g/mol. The van der Waals surface area contributed by atoms with Gasteiger partial charge in [0.2, 0.25) is 0 Å². The van der Waals surface area contributed by atoms with Gasteiger partial charge in [-0.2, -0.15) is 0 Å². The van der Waals surface area contributed by atoms with E-state index in [0.717, 1.165) is 32.1 Å². The first-order valence-electron chi connectivity index (χ1n) is 10.2. The van der Waals surface area contributed by atoms with E-state index in [-0.39, 0.29) is 29.6 Å². The minimum Gasteiger partial charge on any atom is -0.392 e. The highest BCUT2D eigenvalue weighted by Gasteiger charge is 2.20. The molecule has 0 aromatic heterocycles. The molecule has 0 amide bonds. The Balaban J connectivity index is 2.44. The molecule has 1 rings (SSSR count). The smallest absolute Gasteiger partial charge is 0.132 e. The number of ketones is 1. The Labute approximate surface area is 160 Å². The number of Topliss-reactive ketones (excluding diaryl/α,β-unsaturated/α-hetero) is 1. The zero-order chi connectivity index (χ0) is 19.7. The maximum Gasteiger partial charge on any atom is 0.132 e. The van der Waals surface area contributed by atoms with Crippen molar-refractivity contribution in [2.45, 2.75) is 79.8 Å². The number of aliphatic hydroxyl groups is 1. The third-order valence-corrected chi connectivity index (χ3v) is 5.55. The molecule has 0 bridgehead atoms. The van der Waals surface area contributed by atoms with Crippen molar-refractivity contribution in [1.82, 2.24) is 0 Å². The monoisotopic (exact) mass is 358 g/mol. The average Bonchev–Trinajstić information content (AvgIpc) is 2.61. The molecule has 4 unspecified atom stereocenters. The molecule has 0 radical (unpaired) electrons. The van der Waals surface area contributed by atoms with Crippen molar-refractivity contribution in [3.05, 3.63) is 47.0 Å². The van der Waals surface area contributed by atoms with Crippen LogP contribution in [0, 0.1) is 17.8 Å². The summed E-state index contributed by atoms with van der Waals surface area (Å²) >= 11 is 0. The molecule has 146 valence electrons. The summed E-state index contributed by atoms with van der Waals surface area (Å²) in [5.74, 6) is 0.681. The van der Waals surface area contributed by atoms with E-state index >= 15 is 0 Å². The molecule has 0 heterocycles. The number of aryl methyl sites for hydroxylation is 2. The summed E-state index contributed by atoms with van der Waals surface area (Å²) in [5, 5.41) is 10.6. The molecule has 0 aliphatic carbocycles. The fourth-order valence-corrected chi connectivity index (χ4v) is 3.50. The van der Waals surface area contributed by atoms with Crippen molar-refractivity contribution in [2.75, 3.05) is 0 Å². The van der Waals surface area contributed by atoms with Gasteiger partial charge in [0, 0.05) is 11.8 Å². The van der Waals surface area contributed by atoms with E-state index in [1.807, 2.05) is 6.92 Å². The van der Waals surface area contributed by atoms with Crippen LogP contribution in [0.15, 0.2) is 35.9 Å². The van der Waals surface area contributed by atoms with Crippen LogP contribution in [0.5, 0.6) is 0 Å². The predicted molar refractivity (Wildman–Crippen MR) is 111 cm³/mol. The van der Waals surface area contributed by atoms with Crippen LogP contribution >= 0.6 is 0 Å². The molecule has 4 atom stereocenters. The lowest BCUT2D eigenvalue weighted by Gasteiger charge is -2.24.